The number of aliphatic hydroxyl groups is 3. The monoisotopic (exact) mass is 600 g/mol. The van der Waals surface area contributed by atoms with Gasteiger partial charge in [0.2, 0.25) is 0 Å². The van der Waals surface area contributed by atoms with Gasteiger partial charge in [0.25, 0.3) is 0 Å². The van der Waals surface area contributed by atoms with E-state index in [2.05, 4.69) is 26.8 Å². The molecule has 0 aromatic heterocycles. The lowest BCUT2D eigenvalue weighted by Gasteiger charge is -2.52. The largest absolute Gasteiger partial charge is 0.462 e. The van der Waals surface area contributed by atoms with Crippen molar-refractivity contribution in [1.82, 2.24) is 0 Å². The summed E-state index contributed by atoms with van der Waals surface area (Å²) in [5.74, 6) is -2.86. The standard InChI is InChI=1S/C35H52O8/c1-9-22(4)30-24(6)17-29(36)34(43-30)19-27-18-26(42-34)14-13-21(3)15-20(2)11-10-12-25(7)35(39)28(33(38)41-27)16-23(5)31(40-8)32(35)37/h9-13,16,20,24,26-32,36-37,39H,14-15,17-19H2,1-8H3/b11-10?,21-13?,22-9+,25-12?/t20-,24-,26+,27-,28-,29+,30+,31+,32?,34-,35+/m0/s1. The Morgan fingerprint density at radius 2 is 1.84 bits per heavy atom. The van der Waals surface area contributed by atoms with Gasteiger partial charge < -0.3 is 34.3 Å². The molecule has 3 heterocycles. The van der Waals surface area contributed by atoms with Gasteiger partial charge in [-0.15, -0.1) is 0 Å². The van der Waals surface area contributed by atoms with E-state index in [1.165, 1.54) is 12.7 Å². The summed E-state index contributed by atoms with van der Waals surface area (Å²) in [5, 5.41) is 35.0. The molecule has 1 spiro atoms. The molecule has 11 atom stereocenters. The summed E-state index contributed by atoms with van der Waals surface area (Å²) in [4.78, 5) is 14.0. The Morgan fingerprint density at radius 3 is 2.51 bits per heavy atom. The number of allylic oxidation sites excluding steroid dienone is 5. The highest BCUT2D eigenvalue weighted by Gasteiger charge is 2.57. The molecule has 0 saturated carbocycles. The minimum Gasteiger partial charge on any atom is -0.462 e. The number of hydrogen-bond donors (Lipinski definition) is 3. The number of ether oxygens (including phenoxy) is 4. The lowest BCUT2D eigenvalue weighted by molar-refractivity contribution is -0.363. The highest BCUT2D eigenvalue weighted by Crippen LogP contribution is 2.46. The van der Waals surface area contributed by atoms with E-state index in [0.717, 1.165) is 12.0 Å². The molecule has 8 nitrogen and oxygen atoms in total. The highest BCUT2D eigenvalue weighted by molar-refractivity contribution is 5.78. The smallest absolute Gasteiger partial charge is 0.316 e. The van der Waals surface area contributed by atoms with Crippen molar-refractivity contribution in [2.45, 2.75) is 129 Å². The van der Waals surface area contributed by atoms with Gasteiger partial charge in [0.05, 0.1) is 12.2 Å². The minimum absolute atomic E-state index is 0.0827. The molecular formula is C35H52O8. The van der Waals surface area contributed by atoms with Crippen molar-refractivity contribution in [3.05, 3.63) is 58.7 Å². The zero-order chi connectivity index (χ0) is 31.7. The maximum Gasteiger partial charge on any atom is 0.316 e. The number of rotatable bonds is 2. The molecule has 2 bridgehead atoms. The molecule has 8 heteroatoms. The van der Waals surface area contributed by atoms with Crippen molar-refractivity contribution >= 4 is 5.97 Å². The second kappa shape index (κ2) is 13.5. The predicted octanol–water partition coefficient (Wildman–Crippen LogP) is 5.09. The van der Waals surface area contributed by atoms with Crippen LogP contribution in [0.5, 0.6) is 0 Å². The van der Waals surface area contributed by atoms with E-state index in [0.29, 0.717) is 30.4 Å². The van der Waals surface area contributed by atoms with E-state index in [-0.39, 0.29) is 30.5 Å². The van der Waals surface area contributed by atoms with Gasteiger partial charge >= 0.3 is 5.97 Å². The first-order chi connectivity index (χ1) is 20.2. The number of carbonyl (C=O) groups excluding carboxylic acids is 1. The molecule has 0 amide bonds. The van der Waals surface area contributed by atoms with E-state index in [4.69, 9.17) is 18.9 Å². The Labute approximate surface area is 257 Å². The molecule has 240 valence electrons. The van der Waals surface area contributed by atoms with Crippen molar-refractivity contribution in [3.8, 4) is 0 Å². The molecule has 0 radical (unpaired) electrons. The second-order valence-electron chi connectivity index (χ2n) is 13.4. The SMILES string of the molecule is C/C=C(\C)[C@H]1O[C@@]2(C[C@@H]3C[C@@H](CC=C(C)C[C@@H](C)C=CC=C(C)[C@]4(O)C(O)[C@H](OC)C(C)=C[C@H]4C(=O)O3)O2)[C@H](O)C[C@@H]1C. The van der Waals surface area contributed by atoms with E-state index in [1.807, 2.05) is 32.1 Å². The first-order valence-electron chi connectivity index (χ1n) is 15.7. The molecule has 0 aromatic rings. The van der Waals surface area contributed by atoms with Crippen LogP contribution < -0.4 is 0 Å². The van der Waals surface area contributed by atoms with Crippen LogP contribution in [0.1, 0.15) is 80.6 Å². The van der Waals surface area contributed by atoms with Crippen LogP contribution in [0, 0.1) is 17.8 Å². The average Bonchev–Trinajstić information content (AvgIpc) is 2.95. The topological polar surface area (TPSA) is 115 Å². The number of hydrogen-bond acceptors (Lipinski definition) is 8. The Balaban J connectivity index is 1.78. The highest BCUT2D eigenvalue weighted by atomic mass is 16.7. The zero-order valence-electron chi connectivity index (χ0n) is 27.1. The van der Waals surface area contributed by atoms with Gasteiger partial charge in [0.1, 0.15) is 35.9 Å². The van der Waals surface area contributed by atoms with Gasteiger partial charge in [-0.3, -0.25) is 4.79 Å². The number of esters is 1. The quantitative estimate of drug-likeness (QED) is 0.297. The summed E-state index contributed by atoms with van der Waals surface area (Å²) in [6.07, 6.45) is 9.65. The maximum absolute atomic E-state index is 14.0. The van der Waals surface area contributed by atoms with Crippen molar-refractivity contribution in [2.75, 3.05) is 7.11 Å². The van der Waals surface area contributed by atoms with Crippen LogP contribution in [0.3, 0.4) is 0 Å². The van der Waals surface area contributed by atoms with E-state index >= 15 is 0 Å². The number of carbonyl (C=O) groups is 1. The van der Waals surface area contributed by atoms with Crippen molar-refractivity contribution < 1.29 is 39.1 Å². The van der Waals surface area contributed by atoms with Crippen molar-refractivity contribution in [3.63, 3.8) is 0 Å². The zero-order valence-corrected chi connectivity index (χ0v) is 27.1. The lowest BCUT2D eigenvalue weighted by Crippen LogP contribution is -2.62. The molecule has 1 unspecified atom stereocenters. The van der Waals surface area contributed by atoms with Crippen molar-refractivity contribution in [1.29, 1.82) is 0 Å². The van der Waals surface area contributed by atoms with Crippen LogP contribution in [0.2, 0.25) is 0 Å². The molecular weight excluding hydrogens is 548 g/mol. The average molecular weight is 601 g/mol. The van der Waals surface area contributed by atoms with Gasteiger partial charge in [0.15, 0.2) is 5.79 Å². The van der Waals surface area contributed by atoms with E-state index in [1.54, 1.807) is 26.0 Å². The van der Waals surface area contributed by atoms with Crippen LogP contribution in [-0.2, 0) is 23.7 Å². The third-order valence-electron chi connectivity index (χ3n) is 9.93. The van der Waals surface area contributed by atoms with Gasteiger partial charge in [-0.2, -0.15) is 0 Å². The fourth-order valence-corrected chi connectivity index (χ4v) is 7.31. The van der Waals surface area contributed by atoms with E-state index in [9.17, 15) is 20.1 Å². The summed E-state index contributed by atoms with van der Waals surface area (Å²) >= 11 is 0. The molecule has 3 N–H and O–H groups in total. The predicted molar refractivity (Wildman–Crippen MR) is 165 cm³/mol. The molecule has 4 aliphatic rings. The van der Waals surface area contributed by atoms with Crippen molar-refractivity contribution in [2.24, 2.45) is 17.8 Å². The van der Waals surface area contributed by atoms with Crippen LogP contribution >= 0.6 is 0 Å². The second-order valence-corrected chi connectivity index (χ2v) is 13.4. The first kappa shape index (κ1) is 33.8. The molecule has 1 aliphatic carbocycles. The lowest BCUT2D eigenvalue weighted by atomic mass is 9.69. The maximum atomic E-state index is 14.0. The molecule has 4 rings (SSSR count). The fraction of sp³-hybridized carbons (Fsp3) is 0.686. The summed E-state index contributed by atoms with van der Waals surface area (Å²) in [6.45, 7) is 13.7. The Kier molecular flexibility index (Phi) is 10.6. The minimum atomic E-state index is -1.95. The summed E-state index contributed by atoms with van der Waals surface area (Å²) in [7, 11) is 1.47. The summed E-state index contributed by atoms with van der Waals surface area (Å²) < 4.78 is 25.0. The number of aliphatic hydroxyl groups excluding tert-OH is 2. The summed E-state index contributed by atoms with van der Waals surface area (Å²) in [5.41, 5.74) is 1.38. The summed E-state index contributed by atoms with van der Waals surface area (Å²) in [6, 6.07) is 0. The van der Waals surface area contributed by atoms with Crippen LogP contribution in [0.4, 0.5) is 0 Å². The molecule has 3 aliphatic heterocycles. The molecule has 43 heavy (non-hydrogen) atoms. The first-order valence-corrected chi connectivity index (χ1v) is 15.7. The van der Waals surface area contributed by atoms with Gasteiger partial charge in [-0.25, -0.2) is 0 Å². The number of methoxy groups -OCH3 is 1. The Morgan fingerprint density at radius 1 is 1.12 bits per heavy atom. The van der Waals surface area contributed by atoms with Crippen LogP contribution in [-0.4, -0.2) is 76.4 Å². The molecule has 0 aromatic carbocycles. The third-order valence-corrected chi connectivity index (χ3v) is 9.93. The van der Waals surface area contributed by atoms with E-state index < -0.39 is 47.7 Å². The fourth-order valence-electron chi connectivity index (χ4n) is 7.31. The van der Waals surface area contributed by atoms with Gasteiger partial charge in [-0.1, -0.05) is 55.9 Å². The number of fused-ring (bicyclic) bond motifs is 3. The van der Waals surface area contributed by atoms with Crippen LogP contribution in [0.25, 0.3) is 0 Å². The Hall–Kier alpha value is -2.07. The Bertz CT molecular complexity index is 1180. The van der Waals surface area contributed by atoms with Gasteiger partial charge in [0, 0.05) is 20.0 Å². The van der Waals surface area contributed by atoms with Gasteiger partial charge in [-0.05, 0) is 82.4 Å². The normalized spacial score (nSPS) is 43.3. The van der Waals surface area contributed by atoms with Crippen LogP contribution in [0.15, 0.2) is 58.7 Å². The third kappa shape index (κ3) is 6.80. The molecule has 2 saturated heterocycles. The molecule has 2 fully saturated rings.